The van der Waals surface area contributed by atoms with Gasteiger partial charge in [0.1, 0.15) is 11.3 Å². The van der Waals surface area contributed by atoms with Crippen molar-refractivity contribution in [3.63, 3.8) is 0 Å². The second-order valence-corrected chi connectivity index (χ2v) is 8.53. The number of hydrogen-bond acceptors (Lipinski definition) is 3. The number of rotatable bonds is 4. The molecule has 0 amide bonds. The maximum atomic E-state index is 12.2. The number of carbonyl (C=O) groups is 1. The quantitative estimate of drug-likeness (QED) is 0.247. The molecule has 0 saturated heterocycles. The van der Waals surface area contributed by atoms with Crippen molar-refractivity contribution in [2.75, 3.05) is 7.11 Å². The molecular weight excluding hydrogens is 457 g/mol. The number of furan rings is 1. The SMILES string of the molecule is COC(=O)c1cc(-n2c(C)ccc2-c2cc(Cl)ccc2-c2cc3ccccc3o2)ccc1Cl. The molecule has 0 fully saturated rings. The monoisotopic (exact) mass is 475 g/mol. The summed E-state index contributed by atoms with van der Waals surface area (Å²) in [7, 11) is 1.34. The molecular formula is C27H19Cl2NO3. The summed E-state index contributed by atoms with van der Waals surface area (Å²) in [6.07, 6.45) is 0. The van der Waals surface area contributed by atoms with Gasteiger partial charge in [-0.3, -0.25) is 0 Å². The average Bonchev–Trinajstić information content (AvgIpc) is 3.42. The van der Waals surface area contributed by atoms with Crippen LogP contribution in [0.5, 0.6) is 0 Å². The van der Waals surface area contributed by atoms with Gasteiger partial charge < -0.3 is 13.7 Å². The number of methoxy groups -OCH3 is 1. The second-order valence-electron chi connectivity index (χ2n) is 7.69. The van der Waals surface area contributed by atoms with Crippen LogP contribution in [0.25, 0.3) is 39.2 Å². The average molecular weight is 476 g/mol. The van der Waals surface area contributed by atoms with E-state index in [4.69, 9.17) is 32.4 Å². The van der Waals surface area contributed by atoms with Crippen molar-refractivity contribution in [1.82, 2.24) is 4.57 Å². The molecule has 0 aliphatic carbocycles. The summed E-state index contributed by atoms with van der Waals surface area (Å²) < 4.78 is 13.1. The lowest BCUT2D eigenvalue weighted by molar-refractivity contribution is 0.0601. The van der Waals surface area contributed by atoms with Crippen LogP contribution in [0.15, 0.2) is 83.3 Å². The van der Waals surface area contributed by atoms with Gasteiger partial charge in [0.2, 0.25) is 0 Å². The Balaban J connectivity index is 1.72. The van der Waals surface area contributed by atoms with Crippen LogP contribution in [0.1, 0.15) is 16.1 Å². The van der Waals surface area contributed by atoms with Crippen molar-refractivity contribution >= 4 is 40.1 Å². The molecule has 164 valence electrons. The number of carbonyl (C=O) groups excluding carboxylic acids is 1. The van der Waals surface area contributed by atoms with Gasteiger partial charge in [0.25, 0.3) is 0 Å². The summed E-state index contributed by atoms with van der Waals surface area (Å²) in [5, 5.41) is 1.98. The van der Waals surface area contributed by atoms with Crippen LogP contribution in [0, 0.1) is 6.92 Å². The molecule has 2 aromatic heterocycles. The van der Waals surface area contributed by atoms with E-state index in [0.717, 1.165) is 44.9 Å². The van der Waals surface area contributed by atoms with Gasteiger partial charge in [0.15, 0.2) is 0 Å². The van der Waals surface area contributed by atoms with E-state index in [0.29, 0.717) is 15.6 Å². The third-order valence-corrected chi connectivity index (χ3v) is 6.20. The van der Waals surface area contributed by atoms with E-state index < -0.39 is 5.97 Å². The van der Waals surface area contributed by atoms with Crippen molar-refractivity contribution in [2.45, 2.75) is 6.92 Å². The van der Waals surface area contributed by atoms with Gasteiger partial charge in [0, 0.05) is 32.9 Å². The molecule has 5 rings (SSSR count). The number of fused-ring (bicyclic) bond motifs is 1. The molecule has 0 aliphatic heterocycles. The Morgan fingerprint density at radius 2 is 1.73 bits per heavy atom. The molecule has 0 atom stereocenters. The molecule has 5 aromatic rings. The molecule has 0 radical (unpaired) electrons. The van der Waals surface area contributed by atoms with Crippen molar-refractivity contribution in [1.29, 1.82) is 0 Å². The van der Waals surface area contributed by atoms with Crippen LogP contribution in [0.2, 0.25) is 10.0 Å². The molecule has 0 aliphatic rings. The number of para-hydroxylation sites is 1. The molecule has 3 aromatic carbocycles. The Morgan fingerprint density at radius 3 is 2.52 bits per heavy atom. The lowest BCUT2D eigenvalue weighted by Gasteiger charge is -2.16. The number of benzene rings is 3. The fourth-order valence-electron chi connectivity index (χ4n) is 4.07. The highest BCUT2D eigenvalue weighted by molar-refractivity contribution is 6.33. The van der Waals surface area contributed by atoms with E-state index in [9.17, 15) is 4.79 Å². The summed E-state index contributed by atoms with van der Waals surface area (Å²) in [6, 6.07) is 25.0. The van der Waals surface area contributed by atoms with E-state index in [1.165, 1.54) is 7.11 Å². The van der Waals surface area contributed by atoms with Gasteiger partial charge in [-0.15, -0.1) is 0 Å². The molecule has 0 unspecified atom stereocenters. The summed E-state index contributed by atoms with van der Waals surface area (Å²) >= 11 is 12.7. The molecule has 2 heterocycles. The van der Waals surface area contributed by atoms with Crippen LogP contribution in [0.3, 0.4) is 0 Å². The fourth-order valence-corrected chi connectivity index (χ4v) is 4.43. The number of esters is 1. The van der Waals surface area contributed by atoms with Crippen LogP contribution in [0.4, 0.5) is 0 Å². The Labute approximate surface area is 200 Å². The Morgan fingerprint density at radius 1 is 0.909 bits per heavy atom. The van der Waals surface area contributed by atoms with Gasteiger partial charge in [-0.05, 0) is 67.6 Å². The minimum atomic E-state index is -0.487. The fraction of sp³-hybridized carbons (Fsp3) is 0.0741. The molecule has 6 heteroatoms. The van der Waals surface area contributed by atoms with Crippen molar-refractivity contribution in [2.24, 2.45) is 0 Å². The van der Waals surface area contributed by atoms with Crippen molar-refractivity contribution < 1.29 is 13.9 Å². The minimum absolute atomic E-state index is 0.305. The standard InChI is InChI=1S/C27H19Cl2NO3/c1-16-7-12-24(30(16)19-9-11-23(29)22(15-19)27(31)32-2)21-14-18(28)8-10-20(21)26-13-17-5-3-4-6-25(17)33-26/h3-15H,1-2H3. The minimum Gasteiger partial charge on any atom is -0.465 e. The predicted octanol–water partition coefficient (Wildman–Crippen LogP) is 7.96. The van der Waals surface area contributed by atoms with Crippen LogP contribution in [-0.2, 0) is 4.74 Å². The zero-order chi connectivity index (χ0) is 23.1. The first-order valence-electron chi connectivity index (χ1n) is 10.3. The summed E-state index contributed by atoms with van der Waals surface area (Å²) in [5.74, 6) is 0.263. The van der Waals surface area contributed by atoms with E-state index in [2.05, 4.69) is 4.57 Å². The van der Waals surface area contributed by atoms with Gasteiger partial charge in [-0.2, -0.15) is 0 Å². The lowest BCUT2D eigenvalue weighted by Crippen LogP contribution is -2.06. The first-order valence-corrected chi connectivity index (χ1v) is 11.1. The highest BCUT2D eigenvalue weighted by Crippen LogP contribution is 2.39. The second kappa shape index (κ2) is 8.47. The number of halogens is 2. The normalized spacial score (nSPS) is 11.2. The van der Waals surface area contributed by atoms with Gasteiger partial charge in [-0.1, -0.05) is 41.4 Å². The molecule has 0 N–H and O–H groups in total. The number of aromatic nitrogens is 1. The lowest BCUT2D eigenvalue weighted by atomic mass is 10.0. The van der Waals surface area contributed by atoms with Crippen LogP contribution >= 0.6 is 23.2 Å². The molecule has 4 nitrogen and oxygen atoms in total. The largest absolute Gasteiger partial charge is 0.465 e. The predicted molar refractivity (Wildman–Crippen MR) is 133 cm³/mol. The van der Waals surface area contributed by atoms with E-state index in [-0.39, 0.29) is 0 Å². The molecule has 0 bridgehead atoms. The highest BCUT2D eigenvalue weighted by Gasteiger charge is 2.19. The first kappa shape index (κ1) is 21.4. The Kier molecular flexibility index (Phi) is 5.49. The highest BCUT2D eigenvalue weighted by atomic mass is 35.5. The Bertz CT molecular complexity index is 1480. The summed E-state index contributed by atoms with van der Waals surface area (Å²) in [4.78, 5) is 12.2. The van der Waals surface area contributed by atoms with Crippen molar-refractivity contribution in [3.05, 3.63) is 100 Å². The zero-order valence-electron chi connectivity index (χ0n) is 17.9. The van der Waals surface area contributed by atoms with Crippen molar-refractivity contribution in [3.8, 4) is 28.3 Å². The molecule has 33 heavy (non-hydrogen) atoms. The third kappa shape index (κ3) is 3.82. The molecule has 0 saturated carbocycles. The number of nitrogens with zero attached hydrogens (tertiary/aromatic N) is 1. The zero-order valence-corrected chi connectivity index (χ0v) is 19.4. The third-order valence-electron chi connectivity index (χ3n) is 5.64. The van der Waals surface area contributed by atoms with Gasteiger partial charge >= 0.3 is 5.97 Å². The van der Waals surface area contributed by atoms with Gasteiger partial charge in [0.05, 0.1) is 23.4 Å². The topological polar surface area (TPSA) is 44.4 Å². The number of aryl methyl sites for hydroxylation is 1. The molecule has 0 spiro atoms. The van der Waals surface area contributed by atoms with Crippen LogP contribution < -0.4 is 0 Å². The van der Waals surface area contributed by atoms with Gasteiger partial charge in [-0.25, -0.2) is 4.79 Å². The summed E-state index contributed by atoms with van der Waals surface area (Å²) in [6.45, 7) is 2.00. The van der Waals surface area contributed by atoms with E-state index in [1.54, 1.807) is 12.1 Å². The van der Waals surface area contributed by atoms with E-state index >= 15 is 0 Å². The van der Waals surface area contributed by atoms with Crippen LogP contribution in [-0.4, -0.2) is 17.6 Å². The number of ether oxygens (including phenoxy) is 1. The summed E-state index contributed by atoms with van der Waals surface area (Å²) in [5.41, 5.74) is 5.62. The maximum absolute atomic E-state index is 12.2. The smallest absolute Gasteiger partial charge is 0.339 e. The number of hydrogen-bond donors (Lipinski definition) is 0. The maximum Gasteiger partial charge on any atom is 0.339 e. The van der Waals surface area contributed by atoms with E-state index in [1.807, 2.05) is 73.7 Å². The first-order chi connectivity index (χ1) is 16.0. The Hall–Kier alpha value is -3.47.